The van der Waals surface area contributed by atoms with Gasteiger partial charge < -0.3 is 19.5 Å². The van der Waals surface area contributed by atoms with Crippen LogP contribution in [0.3, 0.4) is 0 Å². The van der Waals surface area contributed by atoms with E-state index in [0.717, 1.165) is 30.7 Å². The van der Waals surface area contributed by atoms with Gasteiger partial charge in [0.05, 0.1) is 13.0 Å². The minimum Gasteiger partial charge on any atom is -0.497 e. The highest BCUT2D eigenvalue weighted by atomic mass is 16.5. The number of methoxy groups -OCH3 is 1. The monoisotopic (exact) mass is 330 g/mol. The normalized spacial score (nSPS) is 17.6. The van der Waals surface area contributed by atoms with Crippen molar-refractivity contribution < 1.29 is 14.1 Å². The summed E-state index contributed by atoms with van der Waals surface area (Å²) in [5.74, 6) is 1.38. The summed E-state index contributed by atoms with van der Waals surface area (Å²) in [6, 6.07) is 7.96. The van der Waals surface area contributed by atoms with Crippen LogP contribution in [0.15, 0.2) is 28.8 Å². The standard InChI is InChI=1S/C17H22N4O3/c1-3-18-16(22)13-5-4-10-21(11-13)17-19-15(20-24-17)12-6-8-14(23-2)9-7-12/h6-9,13H,3-5,10-11H2,1-2H3,(H,18,22). The van der Waals surface area contributed by atoms with Gasteiger partial charge in [0.15, 0.2) is 0 Å². The Hall–Kier alpha value is -2.57. The first kappa shape index (κ1) is 16.3. The van der Waals surface area contributed by atoms with Crippen LogP contribution in [0.4, 0.5) is 6.01 Å². The molecule has 0 aliphatic carbocycles. The highest BCUT2D eigenvalue weighted by Gasteiger charge is 2.28. The first-order chi connectivity index (χ1) is 11.7. The number of carbonyl (C=O) groups is 1. The fourth-order valence-electron chi connectivity index (χ4n) is 2.88. The molecule has 1 aromatic carbocycles. The summed E-state index contributed by atoms with van der Waals surface area (Å²) in [5, 5.41) is 6.94. The van der Waals surface area contributed by atoms with Gasteiger partial charge in [0.1, 0.15) is 5.75 Å². The minimum atomic E-state index is -0.0324. The molecule has 2 aromatic rings. The van der Waals surface area contributed by atoms with Crippen LogP contribution >= 0.6 is 0 Å². The van der Waals surface area contributed by atoms with E-state index in [9.17, 15) is 4.79 Å². The lowest BCUT2D eigenvalue weighted by atomic mass is 9.97. The van der Waals surface area contributed by atoms with E-state index in [0.29, 0.717) is 24.9 Å². The average Bonchev–Trinajstić information content (AvgIpc) is 3.12. The van der Waals surface area contributed by atoms with Gasteiger partial charge in [-0.2, -0.15) is 4.98 Å². The maximum Gasteiger partial charge on any atom is 0.324 e. The number of nitrogens with zero attached hydrogens (tertiary/aromatic N) is 3. The second-order valence-electron chi connectivity index (χ2n) is 5.81. The zero-order valence-corrected chi connectivity index (χ0v) is 14.0. The Morgan fingerprint density at radius 1 is 1.42 bits per heavy atom. The molecule has 0 saturated carbocycles. The van der Waals surface area contributed by atoms with Gasteiger partial charge in [-0.15, -0.1) is 0 Å². The summed E-state index contributed by atoms with van der Waals surface area (Å²) < 4.78 is 10.6. The molecule has 0 spiro atoms. The molecule has 1 N–H and O–H groups in total. The van der Waals surface area contributed by atoms with Crippen LogP contribution < -0.4 is 15.0 Å². The minimum absolute atomic E-state index is 0.0324. The molecule has 7 heteroatoms. The summed E-state index contributed by atoms with van der Waals surface area (Å²) >= 11 is 0. The van der Waals surface area contributed by atoms with Crippen molar-refractivity contribution in [2.24, 2.45) is 5.92 Å². The first-order valence-electron chi connectivity index (χ1n) is 8.22. The summed E-state index contributed by atoms with van der Waals surface area (Å²) in [7, 11) is 1.63. The van der Waals surface area contributed by atoms with E-state index in [1.165, 1.54) is 0 Å². The predicted octanol–water partition coefficient (Wildman–Crippen LogP) is 2.10. The van der Waals surface area contributed by atoms with Crippen LogP contribution in [-0.4, -0.2) is 42.8 Å². The molecule has 24 heavy (non-hydrogen) atoms. The number of piperidine rings is 1. The van der Waals surface area contributed by atoms with Crippen molar-refractivity contribution in [3.8, 4) is 17.1 Å². The van der Waals surface area contributed by atoms with E-state index in [1.54, 1.807) is 7.11 Å². The van der Waals surface area contributed by atoms with Crippen LogP contribution in [0, 0.1) is 5.92 Å². The molecule has 128 valence electrons. The predicted molar refractivity (Wildman–Crippen MR) is 89.9 cm³/mol. The SMILES string of the molecule is CCNC(=O)C1CCCN(c2nc(-c3ccc(OC)cc3)no2)C1. The molecule has 1 amide bonds. The molecule has 1 aliphatic rings. The zero-order valence-electron chi connectivity index (χ0n) is 14.0. The maximum atomic E-state index is 12.0. The number of hydrogen-bond acceptors (Lipinski definition) is 6. The molecule has 1 atom stereocenters. The van der Waals surface area contributed by atoms with Crippen LogP contribution in [0.5, 0.6) is 5.75 Å². The number of rotatable bonds is 5. The van der Waals surface area contributed by atoms with Crippen LogP contribution in [0.1, 0.15) is 19.8 Å². The van der Waals surface area contributed by atoms with E-state index in [-0.39, 0.29) is 11.8 Å². The number of hydrogen-bond donors (Lipinski definition) is 1. The summed E-state index contributed by atoms with van der Waals surface area (Å²) in [6.07, 6.45) is 1.82. The van der Waals surface area contributed by atoms with Gasteiger partial charge in [-0.05, 0) is 44.0 Å². The van der Waals surface area contributed by atoms with Crippen LogP contribution in [0.25, 0.3) is 11.4 Å². The van der Waals surface area contributed by atoms with Gasteiger partial charge in [-0.1, -0.05) is 5.16 Å². The highest BCUT2D eigenvalue weighted by Crippen LogP contribution is 2.25. The van der Waals surface area contributed by atoms with Crippen LogP contribution in [-0.2, 0) is 4.79 Å². The summed E-state index contributed by atoms with van der Waals surface area (Å²) in [5.41, 5.74) is 0.864. The Morgan fingerprint density at radius 2 is 2.21 bits per heavy atom. The van der Waals surface area contributed by atoms with Gasteiger partial charge >= 0.3 is 6.01 Å². The lowest BCUT2D eigenvalue weighted by molar-refractivity contribution is -0.125. The Bertz CT molecular complexity index is 683. The number of carbonyl (C=O) groups excluding carboxylic acids is 1. The molecule has 7 nitrogen and oxygen atoms in total. The molecule has 1 fully saturated rings. The Kier molecular flexibility index (Phi) is 4.98. The van der Waals surface area contributed by atoms with Crippen LogP contribution in [0.2, 0.25) is 0 Å². The number of anilines is 1. The van der Waals surface area contributed by atoms with Crippen molar-refractivity contribution >= 4 is 11.9 Å². The quantitative estimate of drug-likeness (QED) is 0.904. The van der Waals surface area contributed by atoms with E-state index in [1.807, 2.05) is 36.1 Å². The molecule has 0 radical (unpaired) electrons. The Labute approximate surface area is 141 Å². The number of aromatic nitrogens is 2. The second kappa shape index (κ2) is 7.33. The van der Waals surface area contributed by atoms with E-state index in [4.69, 9.17) is 9.26 Å². The van der Waals surface area contributed by atoms with Gasteiger partial charge in [0, 0.05) is 25.2 Å². The largest absolute Gasteiger partial charge is 0.497 e. The van der Waals surface area contributed by atoms with Gasteiger partial charge in [-0.3, -0.25) is 4.79 Å². The molecule has 2 heterocycles. The number of ether oxygens (including phenoxy) is 1. The topological polar surface area (TPSA) is 80.5 Å². The zero-order chi connectivity index (χ0) is 16.9. The van der Waals surface area contributed by atoms with Crippen molar-refractivity contribution in [2.75, 3.05) is 31.6 Å². The lowest BCUT2D eigenvalue weighted by Gasteiger charge is -2.30. The van der Waals surface area contributed by atoms with Crippen molar-refractivity contribution in [3.63, 3.8) is 0 Å². The van der Waals surface area contributed by atoms with Gasteiger partial charge in [0.2, 0.25) is 11.7 Å². The second-order valence-corrected chi connectivity index (χ2v) is 5.81. The molecule has 0 bridgehead atoms. The molecular weight excluding hydrogens is 308 g/mol. The molecule has 1 unspecified atom stereocenters. The van der Waals surface area contributed by atoms with E-state index < -0.39 is 0 Å². The maximum absolute atomic E-state index is 12.0. The van der Waals surface area contributed by atoms with E-state index >= 15 is 0 Å². The summed E-state index contributed by atoms with van der Waals surface area (Å²) in [6.45, 7) is 4.01. The van der Waals surface area contributed by atoms with Crippen molar-refractivity contribution in [1.29, 1.82) is 0 Å². The molecule has 1 saturated heterocycles. The van der Waals surface area contributed by atoms with Crippen molar-refractivity contribution in [2.45, 2.75) is 19.8 Å². The third-order valence-electron chi connectivity index (χ3n) is 4.18. The summed E-state index contributed by atoms with van der Waals surface area (Å²) in [4.78, 5) is 18.5. The third-order valence-corrected chi connectivity index (χ3v) is 4.18. The number of nitrogens with one attached hydrogen (secondary N) is 1. The van der Waals surface area contributed by atoms with E-state index in [2.05, 4.69) is 15.5 Å². The smallest absolute Gasteiger partial charge is 0.324 e. The fourth-order valence-corrected chi connectivity index (χ4v) is 2.88. The Morgan fingerprint density at radius 3 is 2.92 bits per heavy atom. The lowest BCUT2D eigenvalue weighted by Crippen LogP contribution is -2.43. The molecule has 3 rings (SSSR count). The number of benzene rings is 1. The Balaban J connectivity index is 1.71. The highest BCUT2D eigenvalue weighted by molar-refractivity contribution is 5.79. The fraction of sp³-hybridized carbons (Fsp3) is 0.471. The molecule has 1 aliphatic heterocycles. The van der Waals surface area contributed by atoms with Crippen molar-refractivity contribution in [3.05, 3.63) is 24.3 Å². The third kappa shape index (κ3) is 3.50. The number of amides is 1. The average molecular weight is 330 g/mol. The first-order valence-corrected chi connectivity index (χ1v) is 8.22. The molecule has 1 aromatic heterocycles. The van der Waals surface area contributed by atoms with Gasteiger partial charge in [0.25, 0.3) is 0 Å². The molecular formula is C17H22N4O3. The van der Waals surface area contributed by atoms with Gasteiger partial charge in [-0.25, -0.2) is 0 Å². The van der Waals surface area contributed by atoms with Crippen molar-refractivity contribution in [1.82, 2.24) is 15.5 Å².